The number of aliphatic hydroxyl groups is 1. The average Bonchev–Trinajstić information content (AvgIpc) is 3.16. The number of fused-ring (bicyclic) bond motifs is 1. The van der Waals surface area contributed by atoms with Crippen LogP contribution in [0.2, 0.25) is 0 Å². The first-order valence-corrected chi connectivity index (χ1v) is 17.5. The summed E-state index contributed by atoms with van der Waals surface area (Å²) in [4.78, 5) is 0. The minimum absolute atomic E-state index is 0.0234. The maximum atomic E-state index is 12.1. The zero-order valence-corrected chi connectivity index (χ0v) is 27.7. The number of benzene rings is 4. The van der Waals surface area contributed by atoms with E-state index in [-0.39, 0.29) is 30.1 Å². The van der Waals surface area contributed by atoms with E-state index in [4.69, 9.17) is 28.4 Å². The highest BCUT2D eigenvalue weighted by Crippen LogP contribution is 2.41. The molecule has 0 aromatic heterocycles. The van der Waals surface area contributed by atoms with Gasteiger partial charge >= 0.3 is 0 Å². The number of ether oxygens (including phenoxy) is 6. The lowest BCUT2D eigenvalue weighted by Crippen LogP contribution is -2.60. The van der Waals surface area contributed by atoms with Gasteiger partial charge < -0.3 is 33.5 Å². The van der Waals surface area contributed by atoms with Crippen LogP contribution in [0, 0.1) is 11.8 Å². The first-order valence-electron chi connectivity index (χ1n) is 17.5. The molecule has 1 aliphatic heterocycles. The van der Waals surface area contributed by atoms with E-state index in [2.05, 4.69) is 36.4 Å². The van der Waals surface area contributed by atoms with Gasteiger partial charge in [-0.05, 0) is 29.5 Å². The molecule has 1 saturated carbocycles. The summed E-state index contributed by atoms with van der Waals surface area (Å²) in [5, 5.41) is 12.1. The third kappa shape index (κ3) is 8.74. The Morgan fingerprint density at radius 2 is 1.27 bits per heavy atom. The summed E-state index contributed by atoms with van der Waals surface area (Å²) in [6.07, 6.45) is 2.03. The van der Waals surface area contributed by atoms with Crippen LogP contribution in [0.1, 0.15) is 41.4 Å². The number of allylic oxidation sites excluding steroid dienone is 1. The van der Waals surface area contributed by atoms with Crippen LogP contribution in [0.15, 0.2) is 133 Å². The number of hydrogen-bond acceptors (Lipinski definition) is 7. The molecule has 9 atom stereocenters. The highest BCUT2D eigenvalue weighted by atomic mass is 16.7. The largest absolute Gasteiger partial charge is 0.388 e. The normalized spacial score (nSPS) is 29.7. The quantitative estimate of drug-likeness (QED) is 0.152. The molecule has 7 rings (SSSR count). The average molecular weight is 663 g/mol. The van der Waals surface area contributed by atoms with Crippen molar-refractivity contribution in [3.8, 4) is 0 Å². The van der Waals surface area contributed by atoms with Crippen molar-refractivity contribution in [2.45, 2.75) is 75.6 Å². The number of rotatable bonds is 13. The van der Waals surface area contributed by atoms with Gasteiger partial charge in [-0.3, -0.25) is 0 Å². The van der Waals surface area contributed by atoms with E-state index in [1.807, 2.05) is 97.1 Å². The maximum Gasteiger partial charge on any atom is 0.184 e. The fourth-order valence-electron chi connectivity index (χ4n) is 7.14. The summed E-state index contributed by atoms with van der Waals surface area (Å²) in [6.45, 7) is 2.30. The molecule has 1 unspecified atom stereocenters. The van der Waals surface area contributed by atoms with Gasteiger partial charge in [0.15, 0.2) is 6.29 Å². The molecule has 0 spiro atoms. The molecule has 3 aliphatic rings. The molecule has 1 saturated heterocycles. The molecule has 4 aromatic carbocycles. The zero-order chi connectivity index (χ0) is 33.3. The Balaban J connectivity index is 1.10. The van der Waals surface area contributed by atoms with Crippen molar-refractivity contribution in [2.24, 2.45) is 11.8 Å². The Hall–Kier alpha value is -3.66. The molecule has 2 aliphatic carbocycles. The molecule has 7 heteroatoms. The second kappa shape index (κ2) is 16.8. The Morgan fingerprint density at radius 1 is 0.673 bits per heavy atom. The zero-order valence-electron chi connectivity index (χ0n) is 27.7. The summed E-state index contributed by atoms with van der Waals surface area (Å²) < 4.78 is 39.2. The summed E-state index contributed by atoms with van der Waals surface area (Å²) in [5.41, 5.74) is 4.20. The van der Waals surface area contributed by atoms with Crippen molar-refractivity contribution in [1.82, 2.24) is 0 Å². The van der Waals surface area contributed by atoms with E-state index < -0.39 is 24.6 Å². The fraction of sp³-hybridized carbons (Fsp3) is 0.381. The number of aliphatic hydroxyl groups excluding tert-OH is 1. The molecule has 7 nitrogen and oxygen atoms in total. The fourth-order valence-corrected chi connectivity index (χ4v) is 7.14. The topological polar surface area (TPSA) is 75.6 Å². The Bertz CT molecular complexity index is 1570. The predicted octanol–water partition coefficient (Wildman–Crippen LogP) is 7.20. The predicted molar refractivity (Wildman–Crippen MR) is 186 cm³/mol. The second-order valence-electron chi connectivity index (χ2n) is 13.2. The van der Waals surface area contributed by atoms with E-state index in [1.165, 1.54) is 0 Å². The SMILES string of the molecule is O[C@H]1[C@@H](OCc2ccccc2)[C@@H]2OC(c3ccccc3)OC[C@H]2C[C@@H]1O[C@@H]1[C@@H](COCc2ccccc2)CC=C[C@H]1OCc1ccccc1. The minimum Gasteiger partial charge on any atom is -0.388 e. The van der Waals surface area contributed by atoms with Crippen LogP contribution in [0.5, 0.6) is 0 Å². The lowest BCUT2D eigenvalue weighted by atomic mass is 9.79. The minimum atomic E-state index is -0.925. The summed E-state index contributed by atoms with van der Waals surface area (Å²) in [6, 6.07) is 40.3. The van der Waals surface area contributed by atoms with Crippen LogP contribution < -0.4 is 0 Å². The van der Waals surface area contributed by atoms with Crippen LogP contribution >= 0.6 is 0 Å². The van der Waals surface area contributed by atoms with Crippen molar-refractivity contribution in [2.75, 3.05) is 13.2 Å². The van der Waals surface area contributed by atoms with E-state index in [9.17, 15) is 5.11 Å². The first-order chi connectivity index (χ1) is 24.2. The van der Waals surface area contributed by atoms with Crippen LogP contribution in [0.4, 0.5) is 0 Å². The standard InChI is InChI=1S/C42H46O7/c43-38-37(24-35-29-47-42(33-20-11-4-12-21-33)49-40(35)41(38)46-27-32-18-9-3-10-19-32)48-39-34(28-44-25-30-14-5-1-6-15-30)22-13-23-36(39)45-26-31-16-7-2-8-17-31/h1-21,23,34-43H,22,24-29H2/t34-,35-,36-,37+,38-,39-,40-,41-,42?/m1/s1. The van der Waals surface area contributed by atoms with Crippen molar-refractivity contribution in [1.29, 1.82) is 0 Å². The van der Waals surface area contributed by atoms with Gasteiger partial charge in [0.1, 0.15) is 18.3 Å². The molecule has 2 fully saturated rings. The van der Waals surface area contributed by atoms with Crippen molar-refractivity contribution < 1.29 is 33.5 Å². The monoisotopic (exact) mass is 662 g/mol. The first kappa shape index (κ1) is 33.8. The van der Waals surface area contributed by atoms with E-state index in [0.29, 0.717) is 39.5 Å². The van der Waals surface area contributed by atoms with E-state index >= 15 is 0 Å². The van der Waals surface area contributed by atoms with Gasteiger partial charge in [0.25, 0.3) is 0 Å². The highest BCUT2D eigenvalue weighted by molar-refractivity contribution is 5.18. The van der Waals surface area contributed by atoms with Gasteiger partial charge in [-0.2, -0.15) is 0 Å². The third-order valence-corrected chi connectivity index (χ3v) is 9.75. The molecule has 1 N–H and O–H groups in total. The molecule has 0 bridgehead atoms. The van der Waals surface area contributed by atoms with Gasteiger partial charge in [0.05, 0.1) is 51.3 Å². The molecule has 0 amide bonds. The maximum absolute atomic E-state index is 12.1. The van der Waals surface area contributed by atoms with E-state index in [1.54, 1.807) is 0 Å². The van der Waals surface area contributed by atoms with Crippen LogP contribution in [-0.2, 0) is 48.2 Å². The van der Waals surface area contributed by atoms with Gasteiger partial charge in [0.2, 0.25) is 0 Å². The molecule has 4 aromatic rings. The van der Waals surface area contributed by atoms with E-state index in [0.717, 1.165) is 28.7 Å². The summed E-state index contributed by atoms with van der Waals surface area (Å²) >= 11 is 0. The molecule has 256 valence electrons. The highest BCUT2D eigenvalue weighted by Gasteiger charge is 2.51. The van der Waals surface area contributed by atoms with Crippen LogP contribution in [0.25, 0.3) is 0 Å². The van der Waals surface area contributed by atoms with Gasteiger partial charge in [0, 0.05) is 17.4 Å². The van der Waals surface area contributed by atoms with Crippen molar-refractivity contribution in [3.63, 3.8) is 0 Å². The molecular weight excluding hydrogens is 616 g/mol. The molecule has 0 radical (unpaired) electrons. The van der Waals surface area contributed by atoms with Gasteiger partial charge in [-0.25, -0.2) is 0 Å². The van der Waals surface area contributed by atoms with Crippen LogP contribution in [-0.4, -0.2) is 54.9 Å². The summed E-state index contributed by atoms with van der Waals surface area (Å²) in [7, 11) is 0. The lowest BCUT2D eigenvalue weighted by Gasteiger charge is -2.49. The molecule has 49 heavy (non-hydrogen) atoms. The van der Waals surface area contributed by atoms with Crippen molar-refractivity contribution in [3.05, 3.63) is 156 Å². The van der Waals surface area contributed by atoms with Gasteiger partial charge in [-0.15, -0.1) is 0 Å². The van der Waals surface area contributed by atoms with Crippen LogP contribution in [0.3, 0.4) is 0 Å². The third-order valence-electron chi connectivity index (χ3n) is 9.75. The summed E-state index contributed by atoms with van der Waals surface area (Å²) in [5.74, 6) is 0.00847. The Morgan fingerprint density at radius 3 is 1.92 bits per heavy atom. The van der Waals surface area contributed by atoms with Crippen molar-refractivity contribution >= 4 is 0 Å². The smallest absolute Gasteiger partial charge is 0.184 e. The Labute approximate surface area is 289 Å². The second-order valence-corrected chi connectivity index (χ2v) is 13.2. The lowest BCUT2D eigenvalue weighted by molar-refractivity contribution is -0.307. The molecular formula is C42H46O7. The molecule has 1 heterocycles. The Kier molecular flexibility index (Phi) is 11.6. The van der Waals surface area contributed by atoms with Gasteiger partial charge in [-0.1, -0.05) is 133 Å². The number of hydrogen-bond donors (Lipinski definition) is 1.